The first-order chi connectivity index (χ1) is 15.4. The molecule has 1 aliphatic heterocycles. The van der Waals surface area contributed by atoms with Crippen LogP contribution in [0.2, 0.25) is 0 Å². The van der Waals surface area contributed by atoms with Crippen LogP contribution in [-0.4, -0.2) is 46.4 Å². The number of carbonyl (C=O) groups excluding carboxylic acids is 2. The Balaban J connectivity index is 1.72. The number of rotatable bonds is 5. The van der Waals surface area contributed by atoms with Crippen molar-refractivity contribution < 1.29 is 18.5 Å². The monoisotopic (exact) mass is 435 g/mol. The molecule has 1 fully saturated rings. The summed E-state index contributed by atoms with van der Waals surface area (Å²) in [4.78, 5) is 30.4. The fourth-order valence-electron chi connectivity index (χ4n) is 4.22. The highest BCUT2D eigenvalue weighted by atomic mass is 19.1. The van der Waals surface area contributed by atoms with Gasteiger partial charge in [0, 0.05) is 13.6 Å². The Bertz CT molecular complexity index is 1100. The summed E-state index contributed by atoms with van der Waals surface area (Å²) in [5.74, 6) is -0.620. The lowest BCUT2D eigenvalue weighted by molar-refractivity contribution is -0.143. The Morgan fingerprint density at radius 3 is 2.50 bits per heavy atom. The molecule has 2 heterocycles. The van der Waals surface area contributed by atoms with Crippen LogP contribution in [0.1, 0.15) is 42.4 Å². The first-order valence-electron chi connectivity index (χ1n) is 10.7. The minimum atomic E-state index is -0.592. The van der Waals surface area contributed by atoms with E-state index < -0.39 is 6.04 Å². The van der Waals surface area contributed by atoms with Gasteiger partial charge in [0.05, 0.1) is 11.6 Å². The predicted molar refractivity (Wildman–Crippen MR) is 118 cm³/mol. The molecule has 0 saturated carbocycles. The lowest BCUT2D eigenvalue weighted by Gasteiger charge is -2.44. The first-order valence-corrected chi connectivity index (χ1v) is 10.7. The Kier molecular flexibility index (Phi) is 6.08. The van der Waals surface area contributed by atoms with Crippen molar-refractivity contribution >= 4 is 11.8 Å². The number of nitrogens with zero attached hydrogens (tertiary/aromatic N) is 3. The summed E-state index contributed by atoms with van der Waals surface area (Å²) >= 11 is 0. The van der Waals surface area contributed by atoms with E-state index in [1.165, 1.54) is 18.4 Å². The minimum Gasteiger partial charge on any atom is -0.363 e. The normalized spacial score (nSPS) is 19.0. The minimum absolute atomic E-state index is 0.0982. The van der Waals surface area contributed by atoms with Gasteiger partial charge in [0.2, 0.25) is 5.91 Å². The van der Waals surface area contributed by atoms with E-state index in [2.05, 4.69) is 5.16 Å². The molecule has 0 radical (unpaired) electrons. The van der Waals surface area contributed by atoms with Crippen molar-refractivity contribution in [3.8, 4) is 11.1 Å². The largest absolute Gasteiger partial charge is 0.363 e. The van der Waals surface area contributed by atoms with E-state index in [1.807, 2.05) is 44.2 Å². The number of benzene rings is 2. The zero-order valence-corrected chi connectivity index (χ0v) is 18.4. The van der Waals surface area contributed by atoms with Gasteiger partial charge in [-0.2, -0.15) is 0 Å². The molecule has 6 nitrogen and oxygen atoms in total. The SMILES string of the molecule is CC(C)C[C@H]1C(=O)N(C)[C@@H](c2ccccc2)CN1C(=O)c1nocc1-c1ccc(F)cc1. The third-order valence-corrected chi connectivity index (χ3v) is 5.91. The lowest BCUT2D eigenvalue weighted by Crippen LogP contribution is -2.59. The van der Waals surface area contributed by atoms with Gasteiger partial charge in [-0.25, -0.2) is 4.39 Å². The molecule has 1 aromatic heterocycles. The number of hydrogen-bond acceptors (Lipinski definition) is 4. The molecule has 0 aliphatic carbocycles. The summed E-state index contributed by atoms with van der Waals surface area (Å²) in [5, 5.41) is 3.96. The molecule has 3 aromatic rings. The molecule has 2 atom stereocenters. The molecule has 32 heavy (non-hydrogen) atoms. The van der Waals surface area contributed by atoms with E-state index in [9.17, 15) is 14.0 Å². The van der Waals surface area contributed by atoms with Crippen LogP contribution in [0, 0.1) is 11.7 Å². The van der Waals surface area contributed by atoms with E-state index >= 15 is 0 Å². The molecule has 166 valence electrons. The third-order valence-electron chi connectivity index (χ3n) is 5.91. The van der Waals surface area contributed by atoms with Crippen LogP contribution in [0.3, 0.4) is 0 Å². The highest BCUT2D eigenvalue weighted by Gasteiger charge is 2.43. The van der Waals surface area contributed by atoms with Crippen molar-refractivity contribution in [2.45, 2.75) is 32.4 Å². The summed E-state index contributed by atoms with van der Waals surface area (Å²) < 4.78 is 18.5. The quantitative estimate of drug-likeness (QED) is 0.590. The van der Waals surface area contributed by atoms with E-state index in [-0.39, 0.29) is 35.3 Å². The van der Waals surface area contributed by atoms with Crippen LogP contribution in [-0.2, 0) is 4.79 Å². The van der Waals surface area contributed by atoms with Gasteiger partial charge in [0.15, 0.2) is 5.69 Å². The molecule has 1 aliphatic rings. The summed E-state index contributed by atoms with van der Waals surface area (Å²) in [6.45, 7) is 4.40. The number of amides is 2. The molecule has 4 rings (SSSR count). The molecular weight excluding hydrogens is 409 g/mol. The molecule has 0 N–H and O–H groups in total. The maximum Gasteiger partial charge on any atom is 0.277 e. The van der Waals surface area contributed by atoms with Crippen molar-refractivity contribution in [1.82, 2.24) is 15.0 Å². The average Bonchev–Trinajstić information content (AvgIpc) is 3.27. The van der Waals surface area contributed by atoms with Crippen LogP contribution in [0.5, 0.6) is 0 Å². The smallest absolute Gasteiger partial charge is 0.277 e. The number of aromatic nitrogens is 1. The molecule has 1 saturated heterocycles. The summed E-state index contributed by atoms with van der Waals surface area (Å²) in [7, 11) is 1.79. The van der Waals surface area contributed by atoms with Gasteiger partial charge in [-0.3, -0.25) is 9.59 Å². The Labute approximate surface area is 186 Å². The van der Waals surface area contributed by atoms with Crippen LogP contribution < -0.4 is 0 Å². The van der Waals surface area contributed by atoms with Gasteiger partial charge < -0.3 is 14.3 Å². The number of hydrogen-bond donors (Lipinski definition) is 0. The van der Waals surface area contributed by atoms with Crippen molar-refractivity contribution in [3.63, 3.8) is 0 Å². The number of likely N-dealkylation sites (N-methyl/N-ethyl adjacent to an activating group) is 1. The topological polar surface area (TPSA) is 66.7 Å². The number of piperazine rings is 1. The van der Waals surface area contributed by atoms with Crippen LogP contribution in [0.4, 0.5) is 4.39 Å². The van der Waals surface area contributed by atoms with Gasteiger partial charge in [-0.05, 0) is 35.6 Å². The standard InChI is InChI=1S/C25H26FN3O3/c1-16(2)13-21-24(30)28(3)22(18-7-5-4-6-8-18)14-29(21)25(31)23-20(15-32-27-23)17-9-11-19(26)12-10-17/h4-12,15-16,21-22H,13-14H2,1-3H3/t21-,22+/m0/s1. The molecule has 0 spiro atoms. The first kappa shape index (κ1) is 21.7. The van der Waals surface area contributed by atoms with Crippen molar-refractivity contribution in [1.29, 1.82) is 0 Å². The van der Waals surface area contributed by atoms with Gasteiger partial charge in [-0.15, -0.1) is 0 Å². The Hall–Kier alpha value is -3.48. The maximum absolute atomic E-state index is 13.7. The Morgan fingerprint density at radius 1 is 1.16 bits per heavy atom. The van der Waals surface area contributed by atoms with Gasteiger partial charge in [0.25, 0.3) is 5.91 Å². The second kappa shape index (κ2) is 8.94. The fraction of sp³-hybridized carbons (Fsp3) is 0.320. The van der Waals surface area contributed by atoms with E-state index in [0.717, 1.165) is 5.56 Å². The zero-order valence-electron chi connectivity index (χ0n) is 18.4. The molecule has 0 bridgehead atoms. The molecule has 0 unspecified atom stereocenters. The van der Waals surface area contributed by atoms with Gasteiger partial charge in [0.1, 0.15) is 18.1 Å². The Morgan fingerprint density at radius 2 is 1.84 bits per heavy atom. The highest BCUT2D eigenvalue weighted by molar-refractivity contribution is 6.01. The molecular formula is C25H26FN3O3. The van der Waals surface area contributed by atoms with E-state index in [0.29, 0.717) is 24.1 Å². The average molecular weight is 435 g/mol. The van der Waals surface area contributed by atoms with Crippen LogP contribution in [0.15, 0.2) is 65.4 Å². The van der Waals surface area contributed by atoms with E-state index in [4.69, 9.17) is 4.52 Å². The number of carbonyl (C=O) groups is 2. The van der Waals surface area contributed by atoms with Crippen molar-refractivity contribution in [3.05, 3.63) is 77.9 Å². The van der Waals surface area contributed by atoms with Crippen molar-refractivity contribution in [2.24, 2.45) is 5.92 Å². The second-order valence-corrected chi connectivity index (χ2v) is 8.56. The summed E-state index contributed by atoms with van der Waals surface area (Å²) in [6.07, 6.45) is 1.92. The predicted octanol–water partition coefficient (Wildman–Crippen LogP) is 4.55. The highest BCUT2D eigenvalue weighted by Crippen LogP contribution is 2.32. The van der Waals surface area contributed by atoms with Gasteiger partial charge in [-0.1, -0.05) is 61.5 Å². The fourth-order valence-corrected chi connectivity index (χ4v) is 4.22. The zero-order chi connectivity index (χ0) is 22.8. The lowest BCUT2D eigenvalue weighted by atomic mass is 9.93. The molecule has 2 amide bonds. The molecule has 7 heteroatoms. The maximum atomic E-state index is 13.7. The molecule has 2 aromatic carbocycles. The van der Waals surface area contributed by atoms with Crippen LogP contribution >= 0.6 is 0 Å². The van der Waals surface area contributed by atoms with Gasteiger partial charge >= 0.3 is 0 Å². The number of halogens is 1. The van der Waals surface area contributed by atoms with Crippen molar-refractivity contribution in [2.75, 3.05) is 13.6 Å². The van der Waals surface area contributed by atoms with E-state index in [1.54, 1.807) is 29.0 Å². The van der Waals surface area contributed by atoms with Crippen LogP contribution in [0.25, 0.3) is 11.1 Å². The third kappa shape index (κ3) is 4.15. The summed E-state index contributed by atoms with van der Waals surface area (Å²) in [5.41, 5.74) is 2.18. The second-order valence-electron chi connectivity index (χ2n) is 8.56. The summed E-state index contributed by atoms with van der Waals surface area (Å²) in [6, 6.07) is 14.6.